The summed E-state index contributed by atoms with van der Waals surface area (Å²) in [6.07, 6.45) is 4.07. The van der Waals surface area contributed by atoms with Crippen molar-refractivity contribution in [3.8, 4) is 11.4 Å². The number of aromatic nitrogens is 3. The molecule has 0 bridgehead atoms. The summed E-state index contributed by atoms with van der Waals surface area (Å²) in [6.45, 7) is 3.66. The Hall–Kier alpha value is -2.86. The van der Waals surface area contributed by atoms with Crippen LogP contribution >= 0.6 is 0 Å². The van der Waals surface area contributed by atoms with Gasteiger partial charge < -0.3 is 4.98 Å². The Kier molecular flexibility index (Phi) is 4.34. The lowest BCUT2D eigenvalue weighted by Crippen LogP contribution is -2.35. The molecule has 1 aliphatic rings. The van der Waals surface area contributed by atoms with Gasteiger partial charge in [0.25, 0.3) is 5.56 Å². The van der Waals surface area contributed by atoms with Crippen LogP contribution in [-0.2, 0) is 19.5 Å². The first-order chi connectivity index (χ1) is 12.6. The lowest BCUT2D eigenvalue weighted by molar-refractivity contribution is 0.241. The molecule has 3 heterocycles. The van der Waals surface area contributed by atoms with E-state index >= 15 is 0 Å². The second kappa shape index (κ2) is 6.80. The van der Waals surface area contributed by atoms with E-state index in [0.29, 0.717) is 36.5 Å². The molecule has 5 nitrogen and oxygen atoms in total. The molecule has 6 heteroatoms. The molecule has 1 N–H and O–H groups in total. The average molecular weight is 350 g/mol. The van der Waals surface area contributed by atoms with Gasteiger partial charge in [0.1, 0.15) is 11.6 Å². The standard InChI is InChI=1S/C20H19FN4O/c1-13-4-5-14(9-17(13)21)11-25-8-6-18-16(12-25)20(26)24-19(23-18)15-3-2-7-22-10-15/h2-5,7,9-10H,6,8,11-12H2,1H3,(H,23,24,26). The second-order valence-electron chi connectivity index (χ2n) is 6.63. The minimum atomic E-state index is -0.194. The maximum atomic E-state index is 13.8. The largest absolute Gasteiger partial charge is 0.306 e. The molecule has 3 aromatic rings. The van der Waals surface area contributed by atoms with E-state index in [9.17, 15) is 9.18 Å². The van der Waals surface area contributed by atoms with Crippen LogP contribution in [0.5, 0.6) is 0 Å². The third kappa shape index (κ3) is 3.28. The molecule has 0 amide bonds. The molecule has 1 aliphatic heterocycles. The Morgan fingerprint density at radius 3 is 2.96 bits per heavy atom. The summed E-state index contributed by atoms with van der Waals surface area (Å²) in [5.74, 6) is 0.358. The van der Waals surface area contributed by atoms with Crippen LogP contribution in [-0.4, -0.2) is 26.4 Å². The van der Waals surface area contributed by atoms with E-state index in [0.717, 1.165) is 23.4 Å². The van der Waals surface area contributed by atoms with Gasteiger partial charge >= 0.3 is 0 Å². The van der Waals surface area contributed by atoms with Crippen molar-refractivity contribution in [2.45, 2.75) is 26.4 Å². The summed E-state index contributed by atoms with van der Waals surface area (Å²) in [4.78, 5) is 26.3. The van der Waals surface area contributed by atoms with Crippen molar-refractivity contribution < 1.29 is 4.39 Å². The van der Waals surface area contributed by atoms with E-state index in [1.807, 2.05) is 18.2 Å². The van der Waals surface area contributed by atoms with E-state index in [-0.39, 0.29) is 11.4 Å². The summed E-state index contributed by atoms with van der Waals surface area (Å²) < 4.78 is 13.8. The van der Waals surface area contributed by atoms with E-state index in [1.165, 1.54) is 0 Å². The van der Waals surface area contributed by atoms with Gasteiger partial charge in [-0.1, -0.05) is 12.1 Å². The molecule has 0 saturated heterocycles. The van der Waals surface area contributed by atoms with Crippen LogP contribution < -0.4 is 5.56 Å². The quantitative estimate of drug-likeness (QED) is 0.789. The smallest absolute Gasteiger partial charge is 0.255 e. The molecule has 0 radical (unpaired) electrons. The minimum absolute atomic E-state index is 0.117. The molecule has 2 aromatic heterocycles. The summed E-state index contributed by atoms with van der Waals surface area (Å²) >= 11 is 0. The Labute approximate surface area is 150 Å². The van der Waals surface area contributed by atoms with E-state index in [2.05, 4.69) is 19.9 Å². The van der Waals surface area contributed by atoms with Crippen molar-refractivity contribution in [2.75, 3.05) is 6.54 Å². The first-order valence-corrected chi connectivity index (χ1v) is 8.60. The lowest BCUT2D eigenvalue weighted by Gasteiger charge is -2.27. The van der Waals surface area contributed by atoms with Crippen molar-refractivity contribution in [3.05, 3.63) is 81.3 Å². The summed E-state index contributed by atoms with van der Waals surface area (Å²) in [7, 11) is 0. The number of nitrogens with one attached hydrogen (secondary N) is 1. The van der Waals surface area contributed by atoms with Gasteiger partial charge in [-0.25, -0.2) is 9.37 Å². The molecule has 0 saturated carbocycles. The maximum absolute atomic E-state index is 13.8. The first-order valence-electron chi connectivity index (χ1n) is 8.60. The van der Waals surface area contributed by atoms with Crippen molar-refractivity contribution in [1.29, 1.82) is 0 Å². The Bertz CT molecular complexity index is 1000. The van der Waals surface area contributed by atoms with Crippen LogP contribution in [0.1, 0.15) is 22.4 Å². The van der Waals surface area contributed by atoms with Crippen LogP contribution in [0, 0.1) is 12.7 Å². The highest BCUT2D eigenvalue weighted by molar-refractivity contribution is 5.53. The Morgan fingerprint density at radius 1 is 1.31 bits per heavy atom. The van der Waals surface area contributed by atoms with Gasteiger partial charge in [-0.05, 0) is 36.2 Å². The summed E-state index contributed by atoms with van der Waals surface area (Å²) in [5, 5.41) is 0. The number of aromatic amines is 1. The van der Waals surface area contributed by atoms with Gasteiger partial charge in [-0.15, -0.1) is 0 Å². The predicted molar refractivity (Wildman–Crippen MR) is 97.0 cm³/mol. The van der Waals surface area contributed by atoms with Crippen molar-refractivity contribution in [1.82, 2.24) is 19.9 Å². The molecule has 4 rings (SSSR count). The zero-order valence-corrected chi connectivity index (χ0v) is 14.5. The molecular formula is C20H19FN4O. The highest BCUT2D eigenvalue weighted by atomic mass is 19.1. The van der Waals surface area contributed by atoms with Crippen LogP contribution in [0.4, 0.5) is 4.39 Å². The van der Waals surface area contributed by atoms with Crippen molar-refractivity contribution in [3.63, 3.8) is 0 Å². The first kappa shape index (κ1) is 16.6. The maximum Gasteiger partial charge on any atom is 0.255 e. The number of H-pyrrole nitrogens is 1. The molecule has 0 fully saturated rings. The lowest BCUT2D eigenvalue weighted by atomic mass is 10.0. The number of aryl methyl sites for hydroxylation is 1. The number of fused-ring (bicyclic) bond motifs is 1. The number of benzene rings is 1. The Morgan fingerprint density at radius 2 is 2.19 bits per heavy atom. The molecule has 0 unspecified atom stereocenters. The fraction of sp³-hybridized carbons (Fsp3) is 0.250. The third-order valence-electron chi connectivity index (χ3n) is 4.73. The molecule has 26 heavy (non-hydrogen) atoms. The fourth-order valence-corrected chi connectivity index (χ4v) is 3.25. The number of halogens is 1. The highest BCUT2D eigenvalue weighted by Crippen LogP contribution is 2.20. The molecule has 0 spiro atoms. The van der Waals surface area contributed by atoms with Gasteiger partial charge in [0.15, 0.2) is 0 Å². The monoisotopic (exact) mass is 350 g/mol. The van der Waals surface area contributed by atoms with Crippen molar-refractivity contribution >= 4 is 0 Å². The summed E-state index contributed by atoms with van der Waals surface area (Å²) in [6, 6.07) is 8.98. The van der Waals surface area contributed by atoms with Gasteiger partial charge in [0, 0.05) is 44.0 Å². The topological polar surface area (TPSA) is 61.9 Å². The van der Waals surface area contributed by atoms with E-state index < -0.39 is 0 Å². The van der Waals surface area contributed by atoms with Crippen molar-refractivity contribution in [2.24, 2.45) is 0 Å². The van der Waals surface area contributed by atoms with E-state index in [1.54, 1.807) is 31.5 Å². The number of rotatable bonds is 3. The molecular weight excluding hydrogens is 331 g/mol. The SMILES string of the molecule is Cc1ccc(CN2CCc3nc(-c4cccnc4)[nH]c(=O)c3C2)cc1F. The minimum Gasteiger partial charge on any atom is -0.306 e. The van der Waals surface area contributed by atoms with Crippen LogP contribution in [0.25, 0.3) is 11.4 Å². The second-order valence-corrected chi connectivity index (χ2v) is 6.63. The number of hydrogen-bond acceptors (Lipinski definition) is 4. The predicted octanol–water partition coefficient (Wildman–Crippen LogP) is 2.84. The average Bonchev–Trinajstić information content (AvgIpc) is 2.66. The molecule has 1 aromatic carbocycles. The van der Waals surface area contributed by atoms with Gasteiger partial charge in [0.05, 0.1) is 11.3 Å². The number of nitrogens with zero attached hydrogens (tertiary/aromatic N) is 3. The fourth-order valence-electron chi connectivity index (χ4n) is 3.25. The van der Waals surface area contributed by atoms with Gasteiger partial charge in [-0.2, -0.15) is 0 Å². The molecule has 132 valence electrons. The van der Waals surface area contributed by atoms with Gasteiger partial charge in [0.2, 0.25) is 0 Å². The van der Waals surface area contributed by atoms with Crippen LogP contribution in [0.15, 0.2) is 47.5 Å². The summed E-state index contributed by atoms with van der Waals surface area (Å²) in [5.41, 5.74) is 3.75. The zero-order chi connectivity index (χ0) is 18.1. The van der Waals surface area contributed by atoms with Crippen LogP contribution in [0.2, 0.25) is 0 Å². The third-order valence-corrected chi connectivity index (χ3v) is 4.73. The van der Waals surface area contributed by atoms with Gasteiger partial charge in [-0.3, -0.25) is 14.7 Å². The normalized spacial score (nSPS) is 14.2. The highest BCUT2D eigenvalue weighted by Gasteiger charge is 2.21. The molecule has 0 aliphatic carbocycles. The van der Waals surface area contributed by atoms with Crippen LogP contribution in [0.3, 0.4) is 0 Å². The zero-order valence-electron chi connectivity index (χ0n) is 14.5. The molecule has 0 atom stereocenters. The number of hydrogen-bond donors (Lipinski definition) is 1. The Balaban J connectivity index is 1.57. The number of pyridine rings is 1. The van der Waals surface area contributed by atoms with E-state index in [4.69, 9.17) is 0 Å².